The minimum absolute atomic E-state index is 0.113. The standard InChI is InChI=1S/C5H7O4/c6-5(7)4-3-8-1-2-9-4/h4H,1-3H2. The van der Waals surface area contributed by atoms with E-state index in [0.717, 1.165) is 0 Å². The summed E-state index contributed by atoms with van der Waals surface area (Å²) in [4.78, 5) is 10.0. The first-order valence-corrected chi connectivity index (χ1v) is 2.71. The molecule has 1 radical (unpaired) electrons. The Hall–Kier alpha value is -0.610. The molecule has 9 heavy (non-hydrogen) atoms. The first-order chi connectivity index (χ1) is 4.30. The van der Waals surface area contributed by atoms with Crippen LogP contribution in [0.1, 0.15) is 0 Å². The van der Waals surface area contributed by atoms with Gasteiger partial charge >= 0.3 is 5.97 Å². The average Bonchev–Trinajstić information content (AvgIpc) is 1.90. The normalized spacial score (nSPS) is 27.8. The number of hydrogen-bond acceptors (Lipinski definition) is 3. The monoisotopic (exact) mass is 131 g/mol. The van der Waals surface area contributed by atoms with Gasteiger partial charge in [0.1, 0.15) is 0 Å². The third kappa shape index (κ3) is 1.65. The largest absolute Gasteiger partial charge is 0.386 e. The van der Waals surface area contributed by atoms with Crippen LogP contribution in [-0.4, -0.2) is 31.9 Å². The van der Waals surface area contributed by atoms with Gasteiger partial charge in [0.2, 0.25) is 0 Å². The van der Waals surface area contributed by atoms with Crippen LogP contribution in [0.4, 0.5) is 0 Å². The fraction of sp³-hybridized carbons (Fsp3) is 0.800. The molecule has 0 amide bonds. The van der Waals surface area contributed by atoms with E-state index in [-0.39, 0.29) is 6.61 Å². The van der Waals surface area contributed by atoms with E-state index >= 15 is 0 Å². The zero-order chi connectivity index (χ0) is 6.69. The Morgan fingerprint density at radius 3 is 2.56 bits per heavy atom. The van der Waals surface area contributed by atoms with Crippen molar-refractivity contribution >= 4 is 5.97 Å². The first-order valence-electron chi connectivity index (χ1n) is 2.71. The molecule has 0 saturated carbocycles. The van der Waals surface area contributed by atoms with Gasteiger partial charge in [-0.25, -0.2) is 9.90 Å². The molecule has 1 aliphatic rings. The van der Waals surface area contributed by atoms with Crippen LogP contribution in [0.5, 0.6) is 0 Å². The van der Waals surface area contributed by atoms with E-state index in [1.54, 1.807) is 0 Å². The fourth-order valence-corrected chi connectivity index (χ4v) is 0.624. The predicted molar refractivity (Wildman–Crippen MR) is 26.3 cm³/mol. The minimum atomic E-state index is -1.20. The van der Waals surface area contributed by atoms with E-state index in [1.165, 1.54) is 0 Å². The molecule has 0 aliphatic carbocycles. The van der Waals surface area contributed by atoms with Crippen molar-refractivity contribution in [1.82, 2.24) is 0 Å². The second-order valence-electron chi connectivity index (χ2n) is 1.75. The number of hydrogen-bond donors (Lipinski definition) is 0. The lowest BCUT2D eigenvalue weighted by Gasteiger charge is -2.17. The van der Waals surface area contributed by atoms with E-state index in [2.05, 4.69) is 0 Å². The van der Waals surface area contributed by atoms with E-state index < -0.39 is 12.1 Å². The molecule has 0 aromatic heterocycles. The van der Waals surface area contributed by atoms with Gasteiger partial charge in [-0.3, -0.25) is 0 Å². The molecule has 0 spiro atoms. The molecule has 1 atom stereocenters. The highest BCUT2D eigenvalue weighted by molar-refractivity contribution is 5.72. The molecule has 0 N–H and O–H groups in total. The van der Waals surface area contributed by atoms with Crippen molar-refractivity contribution in [2.24, 2.45) is 0 Å². The molecule has 0 aromatic rings. The van der Waals surface area contributed by atoms with Gasteiger partial charge in [0.05, 0.1) is 19.8 Å². The Balaban J connectivity index is 2.31. The number of carbonyl (C=O) groups excluding carboxylic acids is 1. The van der Waals surface area contributed by atoms with Crippen LogP contribution in [0.3, 0.4) is 0 Å². The quantitative estimate of drug-likeness (QED) is 0.475. The molecule has 0 bridgehead atoms. The van der Waals surface area contributed by atoms with Gasteiger partial charge in [-0.2, -0.15) is 0 Å². The van der Waals surface area contributed by atoms with Crippen LogP contribution >= 0.6 is 0 Å². The Bertz CT molecular complexity index is 106. The number of rotatable bonds is 1. The molecule has 51 valence electrons. The van der Waals surface area contributed by atoms with Crippen molar-refractivity contribution in [1.29, 1.82) is 0 Å². The van der Waals surface area contributed by atoms with E-state index in [9.17, 15) is 9.90 Å². The summed E-state index contributed by atoms with van der Waals surface area (Å²) in [6.45, 7) is 0.935. The Labute approximate surface area is 52.4 Å². The van der Waals surface area contributed by atoms with Gasteiger partial charge < -0.3 is 9.47 Å². The van der Waals surface area contributed by atoms with Crippen molar-refractivity contribution < 1.29 is 19.4 Å². The molecule has 4 nitrogen and oxygen atoms in total. The van der Waals surface area contributed by atoms with Crippen LogP contribution in [0.25, 0.3) is 0 Å². The lowest BCUT2D eigenvalue weighted by atomic mass is 10.4. The van der Waals surface area contributed by atoms with Crippen LogP contribution in [0.15, 0.2) is 0 Å². The smallest absolute Gasteiger partial charge is 0.376 e. The van der Waals surface area contributed by atoms with Gasteiger partial charge in [-0.05, 0) is 0 Å². The summed E-state index contributed by atoms with van der Waals surface area (Å²) >= 11 is 0. The van der Waals surface area contributed by atoms with Gasteiger partial charge in [0.25, 0.3) is 0 Å². The molecule has 4 heteroatoms. The first kappa shape index (κ1) is 6.51. The molecule has 1 aliphatic heterocycles. The SMILES string of the molecule is [O]C(=O)C1COCCO1. The van der Waals surface area contributed by atoms with Crippen LogP contribution in [0.2, 0.25) is 0 Å². The maximum atomic E-state index is 10.0. The van der Waals surface area contributed by atoms with Gasteiger partial charge in [-0.15, -0.1) is 0 Å². The van der Waals surface area contributed by atoms with Crippen molar-refractivity contribution in [2.45, 2.75) is 6.10 Å². The second kappa shape index (κ2) is 2.80. The summed E-state index contributed by atoms with van der Waals surface area (Å²) in [5.41, 5.74) is 0. The molecule has 1 fully saturated rings. The van der Waals surface area contributed by atoms with E-state index in [4.69, 9.17) is 9.47 Å². The van der Waals surface area contributed by atoms with Crippen molar-refractivity contribution in [3.8, 4) is 0 Å². The summed E-state index contributed by atoms with van der Waals surface area (Å²) in [5.74, 6) is -1.20. The highest BCUT2D eigenvalue weighted by atomic mass is 16.6. The maximum Gasteiger partial charge on any atom is 0.386 e. The Kier molecular flexibility index (Phi) is 2.02. The van der Waals surface area contributed by atoms with Gasteiger partial charge in [-0.1, -0.05) is 0 Å². The summed E-state index contributed by atoms with van der Waals surface area (Å²) in [5, 5.41) is 10.0. The van der Waals surface area contributed by atoms with E-state index in [0.29, 0.717) is 13.2 Å². The zero-order valence-corrected chi connectivity index (χ0v) is 4.83. The van der Waals surface area contributed by atoms with Crippen molar-refractivity contribution in [2.75, 3.05) is 19.8 Å². The maximum absolute atomic E-state index is 10.0. The summed E-state index contributed by atoms with van der Waals surface area (Å²) in [6, 6.07) is 0. The third-order valence-electron chi connectivity index (χ3n) is 1.08. The molecule has 1 saturated heterocycles. The van der Waals surface area contributed by atoms with E-state index in [1.807, 2.05) is 0 Å². The molecule has 1 heterocycles. The third-order valence-corrected chi connectivity index (χ3v) is 1.08. The predicted octanol–water partition coefficient (Wildman–Crippen LogP) is -0.641. The summed E-state index contributed by atoms with van der Waals surface area (Å²) < 4.78 is 9.55. The van der Waals surface area contributed by atoms with Crippen LogP contribution in [-0.2, 0) is 19.4 Å². The molecule has 0 aromatic carbocycles. The Morgan fingerprint density at radius 2 is 2.22 bits per heavy atom. The highest BCUT2D eigenvalue weighted by Gasteiger charge is 2.22. The lowest BCUT2D eigenvalue weighted by Crippen LogP contribution is -2.34. The summed E-state index contributed by atoms with van der Waals surface area (Å²) in [6.07, 6.45) is -0.862. The van der Waals surface area contributed by atoms with Gasteiger partial charge in [0, 0.05) is 0 Å². The van der Waals surface area contributed by atoms with Gasteiger partial charge in [0.15, 0.2) is 6.10 Å². The fourth-order valence-electron chi connectivity index (χ4n) is 0.624. The van der Waals surface area contributed by atoms with Crippen molar-refractivity contribution in [3.05, 3.63) is 0 Å². The molecular formula is C5H7O4. The zero-order valence-electron chi connectivity index (χ0n) is 4.83. The Morgan fingerprint density at radius 1 is 1.44 bits per heavy atom. The topological polar surface area (TPSA) is 55.4 Å². The minimum Gasteiger partial charge on any atom is -0.376 e. The molecular weight excluding hydrogens is 124 g/mol. The molecule has 1 rings (SSSR count). The lowest BCUT2D eigenvalue weighted by molar-refractivity contribution is -0.170. The average molecular weight is 131 g/mol. The number of carbonyl (C=O) groups is 1. The second-order valence-corrected chi connectivity index (χ2v) is 1.75. The summed E-state index contributed by atoms with van der Waals surface area (Å²) in [7, 11) is 0. The van der Waals surface area contributed by atoms with Crippen molar-refractivity contribution in [3.63, 3.8) is 0 Å². The highest BCUT2D eigenvalue weighted by Crippen LogP contribution is 1.99. The molecule has 1 unspecified atom stereocenters. The van der Waals surface area contributed by atoms with Crippen LogP contribution in [0, 0.1) is 0 Å². The van der Waals surface area contributed by atoms with Crippen LogP contribution < -0.4 is 0 Å². The number of ether oxygens (including phenoxy) is 2.